The minimum absolute atomic E-state index is 0.179. The Balaban J connectivity index is 2.26. The predicted octanol–water partition coefficient (Wildman–Crippen LogP) is 2.80. The summed E-state index contributed by atoms with van der Waals surface area (Å²) in [6.45, 7) is 2.82. The van der Waals surface area contributed by atoms with Gasteiger partial charge in [-0.3, -0.25) is 14.2 Å². The first-order chi connectivity index (χ1) is 13.9. The van der Waals surface area contributed by atoms with Crippen LogP contribution in [0, 0.1) is 22.7 Å². The first-order valence-electron chi connectivity index (χ1n) is 8.65. The molecule has 2 unspecified atom stereocenters. The molecule has 1 fully saturated rings. The molecule has 1 N–H and O–H groups in total. The van der Waals surface area contributed by atoms with E-state index in [2.05, 4.69) is 0 Å². The third kappa shape index (κ3) is 3.23. The fourth-order valence-electron chi connectivity index (χ4n) is 3.51. The molecule has 2 aliphatic rings. The Morgan fingerprint density at radius 2 is 1.87 bits per heavy atom. The van der Waals surface area contributed by atoms with Crippen molar-refractivity contribution in [2.75, 3.05) is 4.90 Å². The average molecular weight is 451 g/mol. The summed E-state index contributed by atoms with van der Waals surface area (Å²) >= 11 is 6.01. The van der Waals surface area contributed by atoms with Gasteiger partial charge in [0.2, 0.25) is 5.50 Å². The lowest BCUT2D eigenvalue weighted by Crippen LogP contribution is -2.49. The molecular weight excluding hydrogens is 435 g/mol. The van der Waals surface area contributed by atoms with Gasteiger partial charge in [-0.2, -0.15) is 18.9 Å². The van der Waals surface area contributed by atoms with Crippen LogP contribution in [0.2, 0.25) is 0 Å². The molecule has 0 bridgehead atoms. The second kappa shape index (κ2) is 7.10. The first-order valence-corrected chi connectivity index (χ1v) is 10.5. The van der Waals surface area contributed by atoms with E-state index in [0.717, 1.165) is 11.0 Å². The highest BCUT2D eigenvalue weighted by atomic mass is 35.5. The van der Waals surface area contributed by atoms with E-state index >= 15 is 4.39 Å². The third-order valence-electron chi connectivity index (χ3n) is 5.01. The number of hydrogen-bond donors (Lipinski definition) is 1. The second-order valence-corrected chi connectivity index (χ2v) is 9.42. The summed E-state index contributed by atoms with van der Waals surface area (Å²) in [5.74, 6) is -2.02. The van der Waals surface area contributed by atoms with E-state index in [9.17, 15) is 23.0 Å². The van der Waals surface area contributed by atoms with Gasteiger partial charge in [-0.25, -0.2) is 4.39 Å². The van der Waals surface area contributed by atoms with E-state index in [1.807, 2.05) is 6.07 Å². The van der Waals surface area contributed by atoms with Crippen molar-refractivity contribution in [1.82, 2.24) is 4.90 Å². The van der Waals surface area contributed by atoms with Gasteiger partial charge in [0.15, 0.2) is 10.7 Å². The van der Waals surface area contributed by atoms with Gasteiger partial charge >= 0.3 is 10.1 Å². The summed E-state index contributed by atoms with van der Waals surface area (Å²) in [5, 5.41) is 18.2. The molecule has 156 valence electrons. The lowest BCUT2D eigenvalue weighted by molar-refractivity contribution is -0.129. The van der Waals surface area contributed by atoms with Crippen LogP contribution in [0.4, 0.5) is 10.1 Å². The van der Waals surface area contributed by atoms with Crippen molar-refractivity contribution in [3.63, 3.8) is 0 Å². The van der Waals surface area contributed by atoms with Gasteiger partial charge in [-0.1, -0.05) is 17.7 Å². The van der Waals surface area contributed by atoms with Crippen molar-refractivity contribution >= 4 is 33.3 Å². The van der Waals surface area contributed by atoms with Crippen molar-refractivity contribution in [2.45, 2.75) is 36.2 Å². The zero-order chi connectivity index (χ0) is 22.5. The Morgan fingerprint density at radius 3 is 2.37 bits per heavy atom. The van der Waals surface area contributed by atoms with Crippen molar-refractivity contribution in [3.05, 3.63) is 53.5 Å². The van der Waals surface area contributed by atoms with Gasteiger partial charge in [-0.15, -0.1) is 0 Å². The van der Waals surface area contributed by atoms with Crippen LogP contribution in [-0.2, 0) is 14.9 Å². The molecular formula is C19H16ClFN4O4S. The highest BCUT2D eigenvalue weighted by Gasteiger charge is 2.59. The fraction of sp³-hybridized carbons (Fsp3) is 0.316. The van der Waals surface area contributed by atoms with Gasteiger partial charge in [0.05, 0.1) is 23.4 Å². The molecule has 1 saturated heterocycles. The molecule has 1 aliphatic carbocycles. The van der Waals surface area contributed by atoms with E-state index in [0.29, 0.717) is 10.5 Å². The molecule has 1 aromatic carbocycles. The predicted molar refractivity (Wildman–Crippen MR) is 106 cm³/mol. The molecule has 0 radical (unpaired) electrons. The van der Waals surface area contributed by atoms with Crippen LogP contribution in [0.5, 0.6) is 0 Å². The van der Waals surface area contributed by atoms with Crippen LogP contribution in [-0.4, -0.2) is 39.7 Å². The molecule has 1 aliphatic heterocycles. The standard InChI is InChI=1S/C19H16ClFN4O4S/c1-18(2)16(26)24(14-4-3-9-19(20,11-23)15(14)21)17(30(27,28)29)25(18)13-7-5-12(10-22)6-8-13/h3-8,17H,9H2,1-2H3,(H,27,28,29). The number of amides is 1. The first kappa shape index (κ1) is 21.8. The number of nitriles is 2. The van der Waals surface area contributed by atoms with Crippen LogP contribution in [0.3, 0.4) is 0 Å². The van der Waals surface area contributed by atoms with Crippen molar-refractivity contribution < 1.29 is 22.2 Å². The number of benzene rings is 1. The zero-order valence-electron chi connectivity index (χ0n) is 15.9. The number of nitrogens with zero attached hydrogens (tertiary/aromatic N) is 4. The summed E-state index contributed by atoms with van der Waals surface area (Å²) in [4.78, 5) is 12.8. The molecule has 3 rings (SSSR count). The normalized spacial score (nSPS) is 26.0. The molecule has 0 saturated carbocycles. The Labute approximate surface area is 177 Å². The van der Waals surface area contributed by atoms with Crippen LogP contribution in [0.1, 0.15) is 25.8 Å². The number of alkyl halides is 1. The minimum atomic E-state index is -4.98. The molecule has 1 heterocycles. The number of anilines is 1. The van der Waals surface area contributed by atoms with Gasteiger partial charge in [0, 0.05) is 12.1 Å². The quantitative estimate of drug-likeness (QED) is 0.554. The number of rotatable bonds is 3. The van der Waals surface area contributed by atoms with E-state index in [4.69, 9.17) is 16.9 Å². The minimum Gasteiger partial charge on any atom is -0.322 e. The summed E-state index contributed by atoms with van der Waals surface area (Å²) < 4.78 is 49.8. The highest BCUT2D eigenvalue weighted by molar-refractivity contribution is 7.86. The van der Waals surface area contributed by atoms with Gasteiger partial charge in [0.1, 0.15) is 5.54 Å². The zero-order valence-corrected chi connectivity index (χ0v) is 17.4. The maximum absolute atomic E-state index is 15.1. The Kier molecular flexibility index (Phi) is 5.15. The molecule has 2 atom stereocenters. The lowest BCUT2D eigenvalue weighted by Gasteiger charge is -2.34. The molecule has 1 amide bonds. The van der Waals surface area contributed by atoms with Crippen LogP contribution in [0.15, 0.2) is 47.9 Å². The lowest BCUT2D eigenvalue weighted by atomic mass is 9.97. The average Bonchev–Trinajstić information content (AvgIpc) is 2.90. The molecule has 0 spiro atoms. The Hall–Kier alpha value is -2.92. The third-order valence-corrected chi connectivity index (χ3v) is 6.37. The molecule has 8 nitrogen and oxygen atoms in total. The van der Waals surface area contributed by atoms with Crippen molar-refractivity contribution in [3.8, 4) is 12.1 Å². The van der Waals surface area contributed by atoms with Crippen LogP contribution < -0.4 is 4.90 Å². The fourth-order valence-corrected chi connectivity index (χ4v) is 4.82. The smallest absolute Gasteiger partial charge is 0.306 e. The SMILES string of the molecule is CC1(C)C(=O)N(C2=C(F)C(Cl)(C#N)CC=C2)C(S(=O)(=O)O)N1c1ccc(C#N)cc1. The van der Waals surface area contributed by atoms with Crippen molar-refractivity contribution in [1.29, 1.82) is 10.5 Å². The number of halogens is 2. The summed E-state index contributed by atoms with van der Waals surface area (Å²) in [7, 11) is -4.98. The Morgan fingerprint density at radius 1 is 1.27 bits per heavy atom. The van der Waals surface area contributed by atoms with Gasteiger partial charge < -0.3 is 4.90 Å². The topological polar surface area (TPSA) is 126 Å². The number of carbonyl (C=O) groups is 1. The summed E-state index contributed by atoms with van der Waals surface area (Å²) in [5.41, 5.74) is -3.57. The van der Waals surface area contributed by atoms with E-state index < -0.39 is 43.5 Å². The molecule has 30 heavy (non-hydrogen) atoms. The van der Waals surface area contributed by atoms with E-state index in [-0.39, 0.29) is 12.1 Å². The number of hydrogen-bond acceptors (Lipinski definition) is 6. The maximum atomic E-state index is 15.1. The van der Waals surface area contributed by atoms with E-state index in [1.54, 1.807) is 6.07 Å². The van der Waals surface area contributed by atoms with E-state index in [1.165, 1.54) is 44.2 Å². The summed E-state index contributed by atoms with van der Waals surface area (Å²) in [6.07, 6.45) is 2.32. The summed E-state index contributed by atoms with van der Waals surface area (Å²) in [6, 6.07) is 9.20. The largest absolute Gasteiger partial charge is 0.322 e. The van der Waals surface area contributed by atoms with Crippen LogP contribution >= 0.6 is 11.6 Å². The van der Waals surface area contributed by atoms with Crippen molar-refractivity contribution in [2.24, 2.45) is 0 Å². The van der Waals surface area contributed by atoms with Gasteiger partial charge in [0.25, 0.3) is 5.91 Å². The maximum Gasteiger partial charge on any atom is 0.306 e. The van der Waals surface area contributed by atoms with Gasteiger partial charge in [-0.05, 0) is 44.2 Å². The second-order valence-electron chi connectivity index (χ2n) is 7.32. The van der Waals surface area contributed by atoms with Crippen LogP contribution in [0.25, 0.3) is 0 Å². The molecule has 11 heteroatoms. The Bertz CT molecular complexity index is 1160. The number of allylic oxidation sites excluding steroid dienone is 3. The molecule has 1 aromatic rings. The monoisotopic (exact) mass is 450 g/mol. The highest BCUT2D eigenvalue weighted by Crippen LogP contribution is 2.44. The molecule has 0 aromatic heterocycles. The number of carbonyl (C=O) groups excluding carboxylic acids is 1.